The number of ether oxygens (including phenoxy) is 3. The monoisotopic (exact) mass is 372 g/mol. The van der Waals surface area contributed by atoms with E-state index in [1.54, 1.807) is 0 Å². The second-order valence-electron chi connectivity index (χ2n) is 9.37. The highest BCUT2D eigenvalue weighted by atomic mass is 16.6. The minimum atomic E-state index is -0.380. The average molecular weight is 372 g/mol. The molecular formula is C22H28O5. The van der Waals surface area contributed by atoms with E-state index in [1.165, 1.54) is 0 Å². The predicted octanol–water partition coefficient (Wildman–Crippen LogP) is 3.48. The molecule has 1 spiro atoms. The van der Waals surface area contributed by atoms with Crippen molar-refractivity contribution >= 4 is 11.9 Å². The van der Waals surface area contributed by atoms with Gasteiger partial charge in [0.05, 0.1) is 6.61 Å². The van der Waals surface area contributed by atoms with E-state index >= 15 is 0 Å². The van der Waals surface area contributed by atoms with Gasteiger partial charge in [0.15, 0.2) is 0 Å². The molecule has 3 aliphatic carbocycles. The Morgan fingerprint density at radius 3 is 2.89 bits per heavy atom. The molecule has 146 valence electrons. The van der Waals surface area contributed by atoms with Crippen LogP contribution in [0.5, 0.6) is 0 Å². The maximum atomic E-state index is 12.7. The van der Waals surface area contributed by atoms with Crippen molar-refractivity contribution in [3.63, 3.8) is 0 Å². The second-order valence-corrected chi connectivity index (χ2v) is 9.37. The molecule has 0 aromatic carbocycles. The van der Waals surface area contributed by atoms with Crippen molar-refractivity contribution in [2.75, 3.05) is 6.61 Å². The fraction of sp³-hybridized carbons (Fsp3) is 0.727. The van der Waals surface area contributed by atoms with Crippen LogP contribution in [0.3, 0.4) is 0 Å². The van der Waals surface area contributed by atoms with Crippen molar-refractivity contribution < 1.29 is 23.8 Å². The van der Waals surface area contributed by atoms with Crippen LogP contribution < -0.4 is 0 Å². The second kappa shape index (κ2) is 5.94. The van der Waals surface area contributed by atoms with Crippen molar-refractivity contribution in [2.24, 2.45) is 17.3 Å². The van der Waals surface area contributed by atoms with Crippen molar-refractivity contribution in [2.45, 2.75) is 76.1 Å². The Kier molecular flexibility index (Phi) is 3.84. The Balaban J connectivity index is 1.37. The van der Waals surface area contributed by atoms with Crippen LogP contribution in [-0.4, -0.2) is 36.4 Å². The number of hydrogen-bond acceptors (Lipinski definition) is 5. The summed E-state index contributed by atoms with van der Waals surface area (Å²) in [5.74, 6) is -0.0579. The molecule has 4 fully saturated rings. The zero-order valence-corrected chi connectivity index (χ0v) is 16.0. The largest absolute Gasteiger partial charge is 0.458 e. The highest BCUT2D eigenvalue weighted by molar-refractivity contribution is 5.91. The number of hydrogen-bond donors (Lipinski definition) is 0. The quantitative estimate of drug-likeness (QED) is 0.422. The van der Waals surface area contributed by atoms with Gasteiger partial charge in [0, 0.05) is 23.0 Å². The lowest BCUT2D eigenvalue weighted by Gasteiger charge is -2.53. The SMILES string of the molecule is C=C1C(=O)O[C@@H]2C[C@@]3(C)CC[C@@H](OC(=O)C4=CCCCC4)[C@]4(CO4)[C@@H]3C[C@H]12. The number of allylic oxidation sites excluding steroid dienone is 1. The van der Waals surface area contributed by atoms with Gasteiger partial charge in [-0.15, -0.1) is 0 Å². The minimum absolute atomic E-state index is 0.0476. The Morgan fingerprint density at radius 1 is 1.37 bits per heavy atom. The minimum Gasteiger partial charge on any atom is -0.458 e. The summed E-state index contributed by atoms with van der Waals surface area (Å²) in [4.78, 5) is 24.7. The van der Waals surface area contributed by atoms with E-state index < -0.39 is 0 Å². The van der Waals surface area contributed by atoms with Crippen LogP contribution in [0, 0.1) is 17.3 Å². The smallest absolute Gasteiger partial charge is 0.334 e. The summed E-state index contributed by atoms with van der Waals surface area (Å²) in [5.41, 5.74) is 1.10. The van der Waals surface area contributed by atoms with Gasteiger partial charge in [-0.2, -0.15) is 0 Å². The topological polar surface area (TPSA) is 65.1 Å². The van der Waals surface area contributed by atoms with Crippen LogP contribution in [0.15, 0.2) is 23.8 Å². The number of esters is 2. The summed E-state index contributed by atoms with van der Waals surface area (Å²) >= 11 is 0. The van der Waals surface area contributed by atoms with Gasteiger partial charge in [-0.05, 0) is 56.8 Å². The summed E-state index contributed by atoms with van der Waals surface area (Å²) < 4.78 is 17.6. The molecule has 0 unspecified atom stereocenters. The van der Waals surface area contributed by atoms with E-state index in [0.717, 1.165) is 56.9 Å². The first-order valence-corrected chi connectivity index (χ1v) is 10.4. The number of carbonyl (C=O) groups is 2. The molecule has 27 heavy (non-hydrogen) atoms. The highest BCUT2D eigenvalue weighted by Gasteiger charge is 2.69. The van der Waals surface area contributed by atoms with Crippen LogP contribution in [0.25, 0.3) is 0 Å². The molecule has 0 amide bonds. The number of rotatable bonds is 2. The first-order chi connectivity index (χ1) is 12.9. The molecule has 0 radical (unpaired) electrons. The molecule has 2 saturated carbocycles. The van der Waals surface area contributed by atoms with Crippen LogP contribution in [-0.2, 0) is 23.8 Å². The summed E-state index contributed by atoms with van der Waals surface area (Å²) in [7, 11) is 0. The molecular weight excluding hydrogens is 344 g/mol. The van der Waals surface area contributed by atoms with Gasteiger partial charge in [0.25, 0.3) is 0 Å². The Labute approximate surface area is 160 Å². The molecule has 5 rings (SSSR count). The average Bonchev–Trinajstić information content (AvgIpc) is 3.40. The summed E-state index contributed by atoms with van der Waals surface area (Å²) in [6.07, 6.45) is 9.28. The summed E-state index contributed by atoms with van der Waals surface area (Å²) in [6.45, 7) is 6.90. The normalized spacial score (nSPS) is 45.6. The number of carbonyl (C=O) groups excluding carboxylic acids is 2. The maximum Gasteiger partial charge on any atom is 0.334 e. The van der Waals surface area contributed by atoms with E-state index in [-0.39, 0.29) is 47.0 Å². The van der Waals surface area contributed by atoms with Gasteiger partial charge < -0.3 is 14.2 Å². The molecule has 0 N–H and O–H groups in total. The molecule has 2 heterocycles. The maximum absolute atomic E-state index is 12.7. The van der Waals surface area contributed by atoms with Gasteiger partial charge in [0.1, 0.15) is 17.8 Å². The third kappa shape index (κ3) is 2.61. The van der Waals surface area contributed by atoms with E-state index in [1.807, 2.05) is 6.08 Å². The molecule has 0 aromatic rings. The first-order valence-electron chi connectivity index (χ1n) is 10.4. The molecule has 5 heteroatoms. The Hall–Kier alpha value is -1.62. The van der Waals surface area contributed by atoms with Crippen LogP contribution in [0.2, 0.25) is 0 Å². The van der Waals surface area contributed by atoms with Gasteiger partial charge in [-0.1, -0.05) is 19.6 Å². The molecule has 5 nitrogen and oxygen atoms in total. The zero-order chi connectivity index (χ0) is 18.8. The van der Waals surface area contributed by atoms with Crippen LogP contribution in [0.1, 0.15) is 58.3 Å². The van der Waals surface area contributed by atoms with E-state index in [4.69, 9.17) is 14.2 Å². The van der Waals surface area contributed by atoms with Crippen molar-refractivity contribution in [1.82, 2.24) is 0 Å². The van der Waals surface area contributed by atoms with E-state index in [2.05, 4.69) is 13.5 Å². The third-order valence-corrected chi connectivity index (χ3v) is 7.81. The van der Waals surface area contributed by atoms with E-state index in [9.17, 15) is 9.59 Å². The zero-order valence-electron chi connectivity index (χ0n) is 16.0. The Bertz CT molecular complexity index is 733. The van der Waals surface area contributed by atoms with Crippen molar-refractivity contribution in [3.05, 3.63) is 23.8 Å². The molecule has 5 aliphatic rings. The standard InChI is InChI=1S/C22H28O5/c1-13-15-10-17-21(2,11-16(15)26-19(13)23)9-8-18(22(17)12-25-22)27-20(24)14-6-4-3-5-7-14/h6,15-18H,1,3-5,7-12H2,2H3/t15-,16-,17-,18-,21-,22+/m1/s1. The molecule has 0 bridgehead atoms. The van der Waals surface area contributed by atoms with Crippen molar-refractivity contribution in [1.29, 1.82) is 0 Å². The molecule has 2 aliphatic heterocycles. The number of fused-ring (bicyclic) bond motifs is 3. The molecule has 6 atom stereocenters. The number of epoxide rings is 1. The fourth-order valence-electron chi connectivity index (χ4n) is 6.14. The van der Waals surface area contributed by atoms with Gasteiger partial charge in [-0.25, -0.2) is 9.59 Å². The highest BCUT2D eigenvalue weighted by Crippen LogP contribution is 2.63. The predicted molar refractivity (Wildman–Crippen MR) is 97.7 cm³/mol. The third-order valence-electron chi connectivity index (χ3n) is 7.81. The Morgan fingerprint density at radius 2 is 2.19 bits per heavy atom. The van der Waals surface area contributed by atoms with Crippen molar-refractivity contribution in [3.8, 4) is 0 Å². The molecule has 0 aromatic heterocycles. The fourth-order valence-corrected chi connectivity index (χ4v) is 6.14. The van der Waals surface area contributed by atoms with Gasteiger partial charge in [-0.3, -0.25) is 0 Å². The van der Waals surface area contributed by atoms with Crippen LogP contribution >= 0.6 is 0 Å². The lowest BCUT2D eigenvalue weighted by atomic mass is 9.53. The van der Waals surface area contributed by atoms with E-state index in [0.29, 0.717) is 12.2 Å². The summed E-state index contributed by atoms with van der Waals surface area (Å²) in [5, 5.41) is 0. The van der Waals surface area contributed by atoms with Gasteiger partial charge >= 0.3 is 11.9 Å². The summed E-state index contributed by atoms with van der Waals surface area (Å²) in [6, 6.07) is 0. The molecule has 2 saturated heterocycles. The van der Waals surface area contributed by atoms with Gasteiger partial charge in [0.2, 0.25) is 0 Å². The first kappa shape index (κ1) is 17.5. The lowest BCUT2D eigenvalue weighted by molar-refractivity contribution is -0.166. The van der Waals surface area contributed by atoms with Crippen LogP contribution in [0.4, 0.5) is 0 Å². The lowest BCUT2D eigenvalue weighted by Crippen LogP contribution is -2.56.